The van der Waals surface area contributed by atoms with Crippen LogP contribution in [-0.2, 0) is 15.9 Å². The summed E-state index contributed by atoms with van der Waals surface area (Å²) < 4.78 is 13.6. The summed E-state index contributed by atoms with van der Waals surface area (Å²) in [6, 6.07) is 29.5. The lowest BCUT2D eigenvalue weighted by molar-refractivity contribution is -0.189. The summed E-state index contributed by atoms with van der Waals surface area (Å²) in [6.07, 6.45) is 7.43. The van der Waals surface area contributed by atoms with Gasteiger partial charge in [-0.3, -0.25) is 0 Å². The second-order valence-corrected chi connectivity index (χ2v) is 7.59. The highest BCUT2D eigenvalue weighted by molar-refractivity contribution is 5.65. The number of rotatable bonds is 2. The largest absolute Gasteiger partial charge is 0.456 e. The lowest BCUT2D eigenvalue weighted by Crippen LogP contribution is -2.47. The molecule has 2 heterocycles. The SMILES string of the molecule is C1=CCC2OC3(c4ccccc4)Oc4ccccc4C3(c3ccccc3)C2=C1. The fraction of sp³-hybridized carbons (Fsp3) is 0.154. The molecule has 0 bridgehead atoms. The minimum atomic E-state index is -0.915. The van der Waals surface area contributed by atoms with Crippen molar-refractivity contribution in [3.05, 3.63) is 125 Å². The van der Waals surface area contributed by atoms with E-state index in [1.54, 1.807) is 0 Å². The highest BCUT2D eigenvalue weighted by Gasteiger charge is 2.71. The van der Waals surface area contributed by atoms with Gasteiger partial charge in [0, 0.05) is 11.1 Å². The van der Waals surface area contributed by atoms with Gasteiger partial charge in [0.15, 0.2) is 0 Å². The molecular weight excluding hydrogens is 344 g/mol. The van der Waals surface area contributed by atoms with Crippen LogP contribution in [0.1, 0.15) is 23.1 Å². The highest BCUT2D eigenvalue weighted by atomic mass is 16.7. The summed E-state index contributed by atoms with van der Waals surface area (Å²) >= 11 is 0. The molecule has 3 aromatic rings. The number of fused-ring (bicyclic) bond motifs is 5. The van der Waals surface area contributed by atoms with Crippen LogP contribution in [0.25, 0.3) is 0 Å². The maximum absolute atomic E-state index is 6.86. The minimum Gasteiger partial charge on any atom is -0.456 e. The zero-order valence-corrected chi connectivity index (χ0v) is 15.4. The van der Waals surface area contributed by atoms with Gasteiger partial charge in [-0.1, -0.05) is 97.1 Å². The summed E-state index contributed by atoms with van der Waals surface area (Å²) in [5.74, 6) is -0.0222. The van der Waals surface area contributed by atoms with Crippen LogP contribution in [0, 0.1) is 0 Å². The predicted octanol–water partition coefficient (Wildman–Crippen LogP) is 5.50. The topological polar surface area (TPSA) is 18.5 Å². The van der Waals surface area contributed by atoms with Crippen LogP contribution in [0.15, 0.2) is 109 Å². The number of para-hydroxylation sites is 1. The zero-order chi connectivity index (χ0) is 18.6. The number of allylic oxidation sites excluding steroid dienone is 2. The van der Waals surface area contributed by atoms with Gasteiger partial charge in [-0.05, 0) is 23.6 Å². The van der Waals surface area contributed by atoms with Gasteiger partial charge in [0.05, 0.1) is 6.10 Å². The summed E-state index contributed by atoms with van der Waals surface area (Å²) in [5, 5.41) is 0. The van der Waals surface area contributed by atoms with Crippen molar-refractivity contribution < 1.29 is 9.47 Å². The summed E-state index contributed by atoms with van der Waals surface area (Å²) in [7, 11) is 0. The van der Waals surface area contributed by atoms with Crippen molar-refractivity contribution >= 4 is 0 Å². The molecule has 0 saturated carbocycles. The minimum absolute atomic E-state index is 0.00114. The molecule has 3 aromatic carbocycles. The monoisotopic (exact) mass is 364 g/mol. The average molecular weight is 364 g/mol. The third-order valence-electron chi connectivity index (χ3n) is 6.25. The third-order valence-corrected chi connectivity index (χ3v) is 6.25. The van der Waals surface area contributed by atoms with E-state index in [1.165, 1.54) is 16.7 Å². The zero-order valence-electron chi connectivity index (χ0n) is 15.4. The van der Waals surface area contributed by atoms with Crippen molar-refractivity contribution in [3.63, 3.8) is 0 Å². The number of benzene rings is 3. The van der Waals surface area contributed by atoms with E-state index in [9.17, 15) is 0 Å². The van der Waals surface area contributed by atoms with Crippen LogP contribution in [0.5, 0.6) is 5.75 Å². The van der Waals surface area contributed by atoms with Gasteiger partial charge < -0.3 is 9.47 Å². The number of ether oxygens (including phenoxy) is 2. The molecule has 0 aromatic heterocycles. The van der Waals surface area contributed by atoms with Gasteiger partial charge in [-0.2, -0.15) is 0 Å². The van der Waals surface area contributed by atoms with Gasteiger partial charge in [0.2, 0.25) is 0 Å². The summed E-state index contributed by atoms with van der Waals surface area (Å²) in [5.41, 5.74) is 4.18. The fourth-order valence-corrected chi connectivity index (χ4v) is 5.22. The Hall–Kier alpha value is -3.10. The molecule has 28 heavy (non-hydrogen) atoms. The quantitative estimate of drug-likeness (QED) is 0.597. The molecular formula is C26H20O2. The first-order valence-electron chi connectivity index (χ1n) is 9.81. The van der Waals surface area contributed by atoms with E-state index in [4.69, 9.17) is 9.47 Å². The molecule has 0 N–H and O–H groups in total. The molecule has 0 amide bonds. The molecule has 0 spiro atoms. The second-order valence-electron chi connectivity index (χ2n) is 7.59. The first-order valence-corrected chi connectivity index (χ1v) is 9.81. The molecule has 2 aliphatic heterocycles. The number of hydrogen-bond donors (Lipinski definition) is 0. The Balaban J connectivity index is 1.76. The smallest absolute Gasteiger partial charge is 0.255 e. The Bertz CT molecular complexity index is 1100. The fourth-order valence-electron chi connectivity index (χ4n) is 5.22. The maximum Gasteiger partial charge on any atom is 0.255 e. The Kier molecular flexibility index (Phi) is 3.24. The van der Waals surface area contributed by atoms with Crippen LogP contribution in [-0.4, -0.2) is 6.10 Å². The molecule has 1 fully saturated rings. The molecule has 136 valence electrons. The molecule has 3 atom stereocenters. The lowest BCUT2D eigenvalue weighted by Gasteiger charge is -2.39. The van der Waals surface area contributed by atoms with E-state index in [1.807, 2.05) is 12.1 Å². The molecule has 1 saturated heterocycles. The van der Waals surface area contributed by atoms with Gasteiger partial charge in [-0.15, -0.1) is 0 Å². The Morgan fingerprint density at radius 3 is 2.21 bits per heavy atom. The van der Waals surface area contributed by atoms with Crippen LogP contribution in [0.2, 0.25) is 0 Å². The second kappa shape index (κ2) is 5.70. The van der Waals surface area contributed by atoms with E-state index < -0.39 is 11.2 Å². The highest BCUT2D eigenvalue weighted by Crippen LogP contribution is 2.67. The molecule has 6 rings (SSSR count). The van der Waals surface area contributed by atoms with Crippen LogP contribution in [0.3, 0.4) is 0 Å². The first-order chi connectivity index (χ1) is 13.9. The molecule has 2 nitrogen and oxygen atoms in total. The molecule has 1 aliphatic carbocycles. The first kappa shape index (κ1) is 15.9. The molecule has 3 aliphatic rings. The van der Waals surface area contributed by atoms with Gasteiger partial charge >= 0.3 is 0 Å². The van der Waals surface area contributed by atoms with Crippen molar-refractivity contribution in [2.24, 2.45) is 0 Å². The van der Waals surface area contributed by atoms with Crippen molar-refractivity contribution in [2.75, 3.05) is 0 Å². The van der Waals surface area contributed by atoms with Crippen LogP contribution >= 0.6 is 0 Å². The van der Waals surface area contributed by atoms with E-state index in [-0.39, 0.29) is 6.10 Å². The van der Waals surface area contributed by atoms with Crippen LogP contribution < -0.4 is 4.74 Å². The summed E-state index contributed by atoms with van der Waals surface area (Å²) in [4.78, 5) is 0. The lowest BCUT2D eigenvalue weighted by atomic mass is 9.63. The third kappa shape index (κ3) is 1.81. The number of hydrogen-bond acceptors (Lipinski definition) is 2. The van der Waals surface area contributed by atoms with Crippen LogP contribution in [0.4, 0.5) is 0 Å². The summed E-state index contributed by atoms with van der Waals surface area (Å²) in [6.45, 7) is 0. The standard InChI is InChI=1S/C26H20O2/c1-3-11-19(12-4-1)25-21-15-7-9-17-23(21)27-26(25,20-13-5-2-6-14-20)28-24-18-10-8-16-22(24)25/h1-17,24H,18H2. The van der Waals surface area contributed by atoms with Crippen molar-refractivity contribution in [3.8, 4) is 5.75 Å². The Labute approximate surface area is 164 Å². The van der Waals surface area contributed by atoms with E-state index in [0.29, 0.717) is 0 Å². The maximum atomic E-state index is 6.86. The predicted molar refractivity (Wildman–Crippen MR) is 109 cm³/mol. The van der Waals surface area contributed by atoms with E-state index in [0.717, 1.165) is 17.7 Å². The Morgan fingerprint density at radius 2 is 1.43 bits per heavy atom. The van der Waals surface area contributed by atoms with E-state index >= 15 is 0 Å². The molecule has 3 unspecified atom stereocenters. The van der Waals surface area contributed by atoms with Crippen molar-refractivity contribution in [1.82, 2.24) is 0 Å². The van der Waals surface area contributed by atoms with Crippen molar-refractivity contribution in [1.29, 1.82) is 0 Å². The average Bonchev–Trinajstić information content (AvgIpc) is 3.23. The molecule has 0 radical (unpaired) electrons. The normalized spacial score (nSPS) is 29.4. The van der Waals surface area contributed by atoms with Gasteiger partial charge in [0.1, 0.15) is 11.2 Å². The van der Waals surface area contributed by atoms with E-state index in [2.05, 4.69) is 91.0 Å². The Morgan fingerprint density at radius 1 is 0.750 bits per heavy atom. The van der Waals surface area contributed by atoms with Gasteiger partial charge in [-0.25, -0.2) is 0 Å². The van der Waals surface area contributed by atoms with Crippen molar-refractivity contribution in [2.45, 2.75) is 23.7 Å². The van der Waals surface area contributed by atoms with Gasteiger partial charge in [0.25, 0.3) is 5.79 Å². The molecule has 2 heteroatoms.